The largest absolute Gasteiger partial charge is 0.465 e. The molecular weight excluding hydrogens is 316 g/mol. The van der Waals surface area contributed by atoms with Gasteiger partial charge in [-0.15, -0.1) is 10.2 Å². The van der Waals surface area contributed by atoms with Crippen LogP contribution in [-0.4, -0.2) is 25.5 Å². The van der Waals surface area contributed by atoms with Crippen LogP contribution in [0.1, 0.15) is 12.7 Å². The third-order valence-electron chi connectivity index (χ3n) is 3.87. The number of allylic oxidation sites excluding steroid dienone is 1. The van der Waals surface area contributed by atoms with Gasteiger partial charge in [-0.05, 0) is 37.3 Å². The topological polar surface area (TPSA) is 81.1 Å². The highest BCUT2D eigenvalue weighted by Crippen LogP contribution is 2.24. The van der Waals surface area contributed by atoms with Crippen molar-refractivity contribution < 1.29 is 4.42 Å². The predicted molar refractivity (Wildman–Crippen MR) is 98.3 cm³/mol. The number of fused-ring (bicyclic) bond motifs is 3. The number of hydrogen-bond donors (Lipinski definition) is 1. The summed E-state index contributed by atoms with van der Waals surface area (Å²) in [4.78, 5) is 4.52. The maximum absolute atomic E-state index is 5.24. The average Bonchev–Trinajstić information content (AvgIpc) is 3.26. The van der Waals surface area contributed by atoms with E-state index < -0.39 is 0 Å². The molecule has 0 fully saturated rings. The number of para-hydroxylation sites is 1. The zero-order chi connectivity index (χ0) is 17.2. The van der Waals surface area contributed by atoms with Crippen LogP contribution in [0.3, 0.4) is 0 Å². The van der Waals surface area contributed by atoms with Crippen molar-refractivity contribution >= 4 is 39.8 Å². The Morgan fingerprint density at radius 2 is 2.08 bits per heavy atom. The molecule has 3 heterocycles. The van der Waals surface area contributed by atoms with E-state index >= 15 is 0 Å². The van der Waals surface area contributed by atoms with Crippen LogP contribution in [0.25, 0.3) is 28.1 Å². The first kappa shape index (κ1) is 15.1. The fourth-order valence-electron chi connectivity index (χ4n) is 2.62. The number of benzene rings is 1. The molecule has 1 aromatic carbocycles. The van der Waals surface area contributed by atoms with E-state index in [2.05, 4.69) is 25.7 Å². The normalized spacial score (nSPS) is 12.5. The number of aromatic nitrogens is 4. The van der Waals surface area contributed by atoms with E-state index in [1.54, 1.807) is 6.26 Å². The first-order valence-corrected chi connectivity index (χ1v) is 7.82. The predicted octanol–water partition coefficient (Wildman–Crippen LogP) is 3.61. The summed E-state index contributed by atoms with van der Waals surface area (Å²) in [5, 5.41) is 13.7. The van der Waals surface area contributed by atoms with Crippen molar-refractivity contribution in [2.75, 3.05) is 5.43 Å². The number of furan rings is 1. The monoisotopic (exact) mass is 332 g/mol. The highest BCUT2D eigenvalue weighted by Gasteiger charge is 2.11. The zero-order valence-corrected chi connectivity index (χ0v) is 13.8. The van der Waals surface area contributed by atoms with Crippen molar-refractivity contribution in [3.63, 3.8) is 0 Å². The summed E-state index contributed by atoms with van der Waals surface area (Å²) in [5.74, 6) is 1.12. The Morgan fingerprint density at radius 1 is 1.20 bits per heavy atom. The molecule has 7 heteroatoms. The maximum atomic E-state index is 5.24. The summed E-state index contributed by atoms with van der Waals surface area (Å²) in [5.41, 5.74) is 6.22. The molecule has 0 atom stereocenters. The molecule has 7 nitrogen and oxygen atoms in total. The molecule has 0 saturated carbocycles. The summed E-state index contributed by atoms with van der Waals surface area (Å²) in [7, 11) is 1.96. The minimum absolute atomic E-state index is 0.351. The van der Waals surface area contributed by atoms with Gasteiger partial charge in [-0.1, -0.05) is 18.2 Å². The second kappa shape index (κ2) is 6.20. The first-order valence-electron chi connectivity index (χ1n) is 7.82. The minimum atomic E-state index is 0.351. The van der Waals surface area contributed by atoms with Crippen LogP contribution in [0.2, 0.25) is 0 Å². The second-order valence-corrected chi connectivity index (χ2v) is 5.60. The van der Waals surface area contributed by atoms with Crippen molar-refractivity contribution in [1.29, 1.82) is 0 Å². The number of aryl methyl sites for hydroxylation is 1. The maximum Gasteiger partial charge on any atom is 0.265 e. The number of nitrogens with zero attached hydrogens (tertiary/aromatic N) is 5. The van der Waals surface area contributed by atoms with Gasteiger partial charge in [0.2, 0.25) is 0 Å². The van der Waals surface area contributed by atoms with Crippen LogP contribution in [0.4, 0.5) is 5.95 Å². The van der Waals surface area contributed by atoms with Gasteiger partial charge in [-0.25, -0.2) is 5.43 Å². The molecule has 4 rings (SSSR count). The van der Waals surface area contributed by atoms with Crippen molar-refractivity contribution in [3.8, 4) is 0 Å². The number of hydrazone groups is 1. The van der Waals surface area contributed by atoms with Crippen molar-refractivity contribution in [2.45, 2.75) is 6.92 Å². The van der Waals surface area contributed by atoms with Gasteiger partial charge >= 0.3 is 0 Å². The molecular formula is C18H16N6O. The summed E-state index contributed by atoms with van der Waals surface area (Å²) < 4.78 is 7.24. The lowest BCUT2D eigenvalue weighted by Gasteiger charge is -2.00. The minimum Gasteiger partial charge on any atom is -0.465 e. The molecule has 0 unspecified atom stereocenters. The van der Waals surface area contributed by atoms with Crippen molar-refractivity contribution in [3.05, 3.63) is 54.5 Å². The molecule has 124 valence electrons. The van der Waals surface area contributed by atoms with E-state index in [0.29, 0.717) is 5.95 Å². The van der Waals surface area contributed by atoms with Crippen LogP contribution < -0.4 is 5.43 Å². The average molecular weight is 332 g/mol. The second-order valence-electron chi connectivity index (χ2n) is 5.60. The number of anilines is 1. The van der Waals surface area contributed by atoms with E-state index in [9.17, 15) is 0 Å². The highest BCUT2D eigenvalue weighted by molar-refractivity contribution is 6.04. The standard InChI is InChI=1S/C18H16N6O/c1-12(9-10-13-6-5-11-25-13)20-22-18-19-17-16(21-23-18)14-7-3-4-8-15(14)24(17)2/h3-11H,1-2H3,(H,19,22,23)/b10-9+,20-12-. The van der Waals surface area contributed by atoms with Crippen LogP contribution in [0.15, 0.2) is 58.3 Å². The third kappa shape index (κ3) is 2.87. The fraction of sp³-hybridized carbons (Fsp3) is 0.111. The van der Waals surface area contributed by atoms with E-state index in [-0.39, 0.29) is 0 Å². The van der Waals surface area contributed by atoms with Crippen molar-refractivity contribution in [1.82, 2.24) is 19.7 Å². The van der Waals surface area contributed by atoms with Gasteiger partial charge in [0, 0.05) is 12.4 Å². The number of rotatable bonds is 4. The Morgan fingerprint density at radius 3 is 2.92 bits per heavy atom. The van der Waals surface area contributed by atoms with E-state index in [4.69, 9.17) is 4.42 Å². The summed E-state index contributed by atoms with van der Waals surface area (Å²) in [6.45, 7) is 1.87. The molecule has 0 bridgehead atoms. The molecule has 0 radical (unpaired) electrons. The summed E-state index contributed by atoms with van der Waals surface area (Å²) in [6.07, 6.45) is 5.31. The summed E-state index contributed by atoms with van der Waals surface area (Å²) >= 11 is 0. The molecule has 0 aliphatic rings. The lowest BCUT2D eigenvalue weighted by molar-refractivity contribution is 0.557. The fourth-order valence-corrected chi connectivity index (χ4v) is 2.62. The van der Waals surface area contributed by atoms with E-state index in [1.807, 2.05) is 67.1 Å². The van der Waals surface area contributed by atoms with Gasteiger partial charge in [0.25, 0.3) is 5.95 Å². The van der Waals surface area contributed by atoms with E-state index in [0.717, 1.165) is 33.5 Å². The Kier molecular flexibility index (Phi) is 3.74. The molecule has 0 saturated heterocycles. The van der Waals surface area contributed by atoms with Gasteiger partial charge < -0.3 is 8.98 Å². The molecule has 4 aromatic rings. The lowest BCUT2D eigenvalue weighted by atomic mass is 10.2. The van der Waals surface area contributed by atoms with Crippen molar-refractivity contribution in [2.24, 2.45) is 12.1 Å². The molecule has 0 aliphatic heterocycles. The molecule has 1 N–H and O–H groups in total. The molecule has 25 heavy (non-hydrogen) atoms. The summed E-state index contributed by atoms with van der Waals surface area (Å²) in [6, 6.07) is 11.7. The van der Waals surface area contributed by atoms with Gasteiger partial charge in [0.15, 0.2) is 5.65 Å². The van der Waals surface area contributed by atoms with Gasteiger partial charge in [0.05, 0.1) is 17.5 Å². The Hall–Kier alpha value is -3.48. The smallest absolute Gasteiger partial charge is 0.265 e. The van der Waals surface area contributed by atoms with Crippen LogP contribution >= 0.6 is 0 Å². The number of nitrogens with one attached hydrogen (secondary N) is 1. The zero-order valence-electron chi connectivity index (χ0n) is 13.8. The Labute approximate surface area is 143 Å². The molecule has 0 spiro atoms. The van der Waals surface area contributed by atoms with E-state index in [1.165, 1.54) is 0 Å². The first-order chi connectivity index (χ1) is 12.2. The van der Waals surface area contributed by atoms with Gasteiger partial charge in [-0.3, -0.25) is 0 Å². The Bertz CT molecular complexity index is 1090. The SMILES string of the molecule is CC(/C=C/c1ccco1)=N/Nc1nnc2c3ccccc3n(C)c2n1. The molecule has 0 amide bonds. The van der Waals surface area contributed by atoms with Gasteiger partial charge in [-0.2, -0.15) is 10.1 Å². The molecule has 3 aromatic heterocycles. The van der Waals surface area contributed by atoms with Crippen LogP contribution in [0.5, 0.6) is 0 Å². The van der Waals surface area contributed by atoms with Crippen LogP contribution in [-0.2, 0) is 7.05 Å². The quantitative estimate of drug-likeness (QED) is 0.456. The Balaban J connectivity index is 1.60. The highest BCUT2D eigenvalue weighted by atomic mass is 16.3. The van der Waals surface area contributed by atoms with Gasteiger partial charge in [0.1, 0.15) is 11.3 Å². The third-order valence-corrected chi connectivity index (χ3v) is 3.87. The lowest BCUT2D eigenvalue weighted by Crippen LogP contribution is -2.02. The molecule has 0 aliphatic carbocycles. The number of hydrogen-bond acceptors (Lipinski definition) is 6. The van der Waals surface area contributed by atoms with Crippen LogP contribution in [0, 0.1) is 0 Å².